The Kier molecular flexibility index (Phi) is 3.97. The molecule has 7 nitrogen and oxygen atoms in total. The third kappa shape index (κ3) is 3.38. The Morgan fingerprint density at radius 3 is 2.86 bits per heavy atom. The van der Waals surface area contributed by atoms with Crippen molar-refractivity contribution in [3.63, 3.8) is 0 Å². The summed E-state index contributed by atoms with van der Waals surface area (Å²) in [6.07, 6.45) is 6.63. The fourth-order valence-corrected chi connectivity index (χ4v) is 2.06. The number of nitrogens with zero attached hydrogens (tertiary/aromatic N) is 4. The summed E-state index contributed by atoms with van der Waals surface area (Å²) in [6.45, 7) is 0. The first-order chi connectivity index (χ1) is 10.7. The van der Waals surface area contributed by atoms with Crippen molar-refractivity contribution < 1.29 is 13.9 Å². The molecule has 3 aromatic rings. The minimum absolute atomic E-state index is 0.101. The molecule has 0 unspecified atom stereocenters. The lowest BCUT2D eigenvalue weighted by molar-refractivity contribution is 0.102. The van der Waals surface area contributed by atoms with Gasteiger partial charge in [0, 0.05) is 17.6 Å². The maximum absolute atomic E-state index is 13.0. The Hall–Kier alpha value is -2.94. The van der Waals surface area contributed by atoms with Crippen LogP contribution < -0.4 is 10.1 Å². The van der Waals surface area contributed by atoms with Crippen molar-refractivity contribution in [3.05, 3.63) is 53.3 Å². The highest BCUT2D eigenvalue weighted by Crippen LogP contribution is 2.19. The van der Waals surface area contributed by atoms with Crippen molar-refractivity contribution in [2.24, 2.45) is 0 Å². The summed E-state index contributed by atoms with van der Waals surface area (Å²) in [5, 5.41) is 4.55. The zero-order chi connectivity index (χ0) is 15.4. The van der Waals surface area contributed by atoms with E-state index >= 15 is 0 Å². The molecule has 0 aliphatic carbocycles. The van der Waals surface area contributed by atoms with E-state index in [0.717, 1.165) is 12.3 Å². The molecule has 0 fully saturated rings. The van der Waals surface area contributed by atoms with E-state index in [-0.39, 0.29) is 17.4 Å². The van der Waals surface area contributed by atoms with Crippen LogP contribution in [0.4, 0.5) is 10.2 Å². The number of ether oxygens (including phenoxy) is 1. The molecule has 0 bridgehead atoms. The van der Waals surface area contributed by atoms with E-state index in [4.69, 9.17) is 4.74 Å². The molecule has 22 heavy (non-hydrogen) atoms. The van der Waals surface area contributed by atoms with Gasteiger partial charge >= 0.3 is 0 Å². The van der Waals surface area contributed by atoms with Crippen LogP contribution in [0.5, 0.6) is 11.6 Å². The Bertz CT molecular complexity index is 797. The maximum Gasteiger partial charge on any atom is 0.285 e. The SMILES string of the molecule is O=C(Nc1cncc(Oc2cncc(F)c2)n1)c1nccs1. The van der Waals surface area contributed by atoms with Crippen molar-refractivity contribution >= 4 is 23.1 Å². The zero-order valence-electron chi connectivity index (χ0n) is 10.9. The Balaban J connectivity index is 1.74. The summed E-state index contributed by atoms with van der Waals surface area (Å²) in [5.74, 6) is -0.448. The van der Waals surface area contributed by atoms with Crippen LogP contribution in [0.25, 0.3) is 0 Å². The average molecular weight is 317 g/mol. The number of rotatable bonds is 4. The lowest BCUT2D eigenvalue weighted by Gasteiger charge is -2.06. The molecule has 110 valence electrons. The van der Waals surface area contributed by atoms with Gasteiger partial charge in [-0.1, -0.05) is 0 Å². The minimum Gasteiger partial charge on any atom is -0.436 e. The van der Waals surface area contributed by atoms with Gasteiger partial charge in [-0.3, -0.25) is 14.8 Å². The summed E-state index contributed by atoms with van der Waals surface area (Å²) in [7, 11) is 0. The van der Waals surface area contributed by atoms with Crippen molar-refractivity contribution in [1.29, 1.82) is 0 Å². The molecule has 3 rings (SSSR count). The van der Waals surface area contributed by atoms with Crippen LogP contribution >= 0.6 is 11.3 Å². The third-order valence-electron chi connectivity index (χ3n) is 2.38. The summed E-state index contributed by atoms with van der Waals surface area (Å²) >= 11 is 1.21. The summed E-state index contributed by atoms with van der Waals surface area (Å²) in [4.78, 5) is 27.4. The van der Waals surface area contributed by atoms with Crippen LogP contribution in [-0.2, 0) is 0 Å². The van der Waals surface area contributed by atoms with Crippen LogP contribution in [0.3, 0.4) is 0 Å². The van der Waals surface area contributed by atoms with E-state index in [1.54, 1.807) is 5.38 Å². The van der Waals surface area contributed by atoms with E-state index in [1.165, 1.54) is 36.1 Å². The molecule has 1 amide bonds. The number of carbonyl (C=O) groups is 1. The number of hydrogen-bond donors (Lipinski definition) is 1. The first kappa shape index (κ1) is 14.0. The summed E-state index contributed by atoms with van der Waals surface area (Å²) in [6, 6.07) is 1.16. The van der Waals surface area contributed by atoms with E-state index < -0.39 is 11.7 Å². The summed E-state index contributed by atoms with van der Waals surface area (Å²) < 4.78 is 18.4. The fraction of sp³-hybridized carbons (Fsp3) is 0. The Morgan fingerprint density at radius 1 is 1.23 bits per heavy atom. The highest BCUT2D eigenvalue weighted by molar-refractivity contribution is 7.11. The third-order valence-corrected chi connectivity index (χ3v) is 3.15. The standard InChI is InChI=1S/C13H8FN5O2S/c14-8-3-9(5-15-4-8)21-11-7-16-6-10(18-11)19-12(20)13-17-1-2-22-13/h1-7H,(H,18,19,20). The van der Waals surface area contributed by atoms with Crippen LogP contribution in [0.1, 0.15) is 9.80 Å². The highest BCUT2D eigenvalue weighted by atomic mass is 32.1. The van der Waals surface area contributed by atoms with Gasteiger partial charge in [0.05, 0.1) is 24.8 Å². The number of pyridine rings is 1. The molecule has 0 aromatic carbocycles. The second kappa shape index (κ2) is 6.22. The van der Waals surface area contributed by atoms with E-state index in [2.05, 4.69) is 25.3 Å². The van der Waals surface area contributed by atoms with E-state index in [0.29, 0.717) is 5.01 Å². The predicted molar refractivity (Wildman–Crippen MR) is 76.4 cm³/mol. The van der Waals surface area contributed by atoms with Gasteiger partial charge in [0.1, 0.15) is 5.82 Å². The molecule has 0 radical (unpaired) electrons. The maximum atomic E-state index is 13.0. The van der Waals surface area contributed by atoms with Gasteiger partial charge in [-0.25, -0.2) is 9.37 Å². The van der Waals surface area contributed by atoms with Gasteiger partial charge in [-0.2, -0.15) is 4.98 Å². The van der Waals surface area contributed by atoms with Crippen molar-refractivity contribution in [2.75, 3.05) is 5.32 Å². The fourth-order valence-electron chi connectivity index (χ4n) is 1.53. The first-order valence-corrected chi connectivity index (χ1v) is 6.90. The second-order valence-corrected chi connectivity index (χ2v) is 4.87. The number of amides is 1. The number of carbonyl (C=O) groups excluding carboxylic acids is 1. The zero-order valence-corrected chi connectivity index (χ0v) is 11.7. The topological polar surface area (TPSA) is 89.9 Å². The Labute approximate surface area is 127 Å². The molecule has 1 N–H and O–H groups in total. The summed E-state index contributed by atoms with van der Waals surface area (Å²) in [5.41, 5.74) is 0. The molecular formula is C13H8FN5O2S. The highest BCUT2D eigenvalue weighted by Gasteiger charge is 2.10. The van der Waals surface area contributed by atoms with Gasteiger partial charge in [0.15, 0.2) is 16.6 Å². The molecule has 0 aliphatic heterocycles. The molecule has 0 aliphatic rings. The van der Waals surface area contributed by atoms with Crippen LogP contribution in [-0.4, -0.2) is 25.8 Å². The lowest BCUT2D eigenvalue weighted by atomic mass is 10.4. The number of anilines is 1. The monoisotopic (exact) mass is 317 g/mol. The molecule has 3 aromatic heterocycles. The number of hydrogen-bond acceptors (Lipinski definition) is 7. The first-order valence-electron chi connectivity index (χ1n) is 6.02. The number of halogens is 1. The van der Waals surface area contributed by atoms with E-state index in [9.17, 15) is 9.18 Å². The van der Waals surface area contributed by atoms with Gasteiger partial charge in [0.25, 0.3) is 5.91 Å². The van der Waals surface area contributed by atoms with Crippen LogP contribution in [0, 0.1) is 5.82 Å². The lowest BCUT2D eigenvalue weighted by Crippen LogP contribution is -2.12. The Morgan fingerprint density at radius 2 is 2.09 bits per heavy atom. The molecule has 3 heterocycles. The minimum atomic E-state index is -0.529. The van der Waals surface area contributed by atoms with Gasteiger partial charge in [0.2, 0.25) is 5.88 Å². The number of thiazole rings is 1. The van der Waals surface area contributed by atoms with Crippen LogP contribution in [0.15, 0.2) is 42.4 Å². The normalized spacial score (nSPS) is 10.2. The largest absolute Gasteiger partial charge is 0.436 e. The van der Waals surface area contributed by atoms with Gasteiger partial charge < -0.3 is 10.1 Å². The van der Waals surface area contributed by atoms with Crippen molar-refractivity contribution in [3.8, 4) is 11.6 Å². The number of nitrogens with one attached hydrogen (secondary N) is 1. The van der Waals surface area contributed by atoms with E-state index in [1.807, 2.05) is 0 Å². The quantitative estimate of drug-likeness (QED) is 0.795. The molecule has 0 atom stereocenters. The smallest absolute Gasteiger partial charge is 0.285 e. The molecule has 0 saturated heterocycles. The number of aromatic nitrogens is 4. The second-order valence-electron chi connectivity index (χ2n) is 3.97. The van der Waals surface area contributed by atoms with Crippen molar-refractivity contribution in [1.82, 2.24) is 19.9 Å². The average Bonchev–Trinajstić information content (AvgIpc) is 3.02. The van der Waals surface area contributed by atoms with Crippen LogP contribution in [0.2, 0.25) is 0 Å². The predicted octanol–water partition coefficient (Wildman–Crippen LogP) is 2.51. The van der Waals surface area contributed by atoms with Crippen molar-refractivity contribution in [2.45, 2.75) is 0 Å². The molecule has 9 heteroatoms. The van der Waals surface area contributed by atoms with Gasteiger partial charge in [-0.05, 0) is 0 Å². The molecular weight excluding hydrogens is 309 g/mol. The van der Waals surface area contributed by atoms with Gasteiger partial charge in [-0.15, -0.1) is 11.3 Å². The molecule has 0 spiro atoms. The molecule has 0 saturated carbocycles.